The fourth-order valence-electron chi connectivity index (χ4n) is 2.13. The number of benzene rings is 1. The first kappa shape index (κ1) is 13.0. The first-order chi connectivity index (χ1) is 8.42. The fourth-order valence-corrected chi connectivity index (χ4v) is 2.13. The van der Waals surface area contributed by atoms with Crippen molar-refractivity contribution < 1.29 is 14.3 Å². The van der Waals surface area contributed by atoms with E-state index in [1.165, 1.54) is 17.0 Å². The van der Waals surface area contributed by atoms with E-state index in [4.69, 9.17) is 0 Å². The maximum atomic E-state index is 13.5. The summed E-state index contributed by atoms with van der Waals surface area (Å²) in [5.41, 5.74) is -0.115. The fraction of sp³-hybridized carbons (Fsp3) is 0.500. The van der Waals surface area contributed by atoms with Crippen molar-refractivity contribution in [3.05, 3.63) is 35.6 Å². The summed E-state index contributed by atoms with van der Waals surface area (Å²) in [6.45, 7) is 4.77. The van der Waals surface area contributed by atoms with Gasteiger partial charge >= 0.3 is 0 Å². The molecule has 1 saturated heterocycles. The van der Waals surface area contributed by atoms with Crippen LogP contribution in [0.15, 0.2) is 24.3 Å². The number of carbonyl (C=O) groups is 1. The van der Waals surface area contributed by atoms with Crippen LogP contribution < -0.4 is 0 Å². The lowest BCUT2D eigenvalue weighted by atomic mass is 9.80. The molecule has 0 radical (unpaired) electrons. The van der Waals surface area contributed by atoms with Gasteiger partial charge in [0.1, 0.15) is 5.82 Å². The minimum Gasteiger partial charge on any atom is -0.391 e. The number of hydrogen-bond acceptors (Lipinski definition) is 2. The molecule has 1 amide bonds. The molecule has 1 aliphatic heterocycles. The van der Waals surface area contributed by atoms with Gasteiger partial charge in [0.25, 0.3) is 5.91 Å². The summed E-state index contributed by atoms with van der Waals surface area (Å²) in [5.74, 6) is -0.857. The molecule has 2 rings (SSSR count). The number of rotatable bonds is 1. The number of piperidine rings is 1. The number of aliphatic hydroxyl groups excluding tert-OH is 1. The molecule has 0 bridgehead atoms. The van der Waals surface area contributed by atoms with Gasteiger partial charge in [-0.25, -0.2) is 4.39 Å². The Morgan fingerprint density at radius 3 is 2.72 bits per heavy atom. The Morgan fingerprint density at radius 2 is 2.11 bits per heavy atom. The molecule has 0 aromatic heterocycles. The Labute approximate surface area is 106 Å². The summed E-state index contributed by atoms with van der Waals surface area (Å²) in [4.78, 5) is 13.7. The number of halogens is 1. The summed E-state index contributed by atoms with van der Waals surface area (Å²) in [7, 11) is 0. The molecule has 1 aromatic rings. The quantitative estimate of drug-likeness (QED) is 0.830. The summed E-state index contributed by atoms with van der Waals surface area (Å²) >= 11 is 0. The lowest BCUT2D eigenvalue weighted by Crippen LogP contribution is -2.50. The Balaban J connectivity index is 2.15. The lowest BCUT2D eigenvalue weighted by molar-refractivity contribution is -0.0192. The molecule has 0 saturated carbocycles. The predicted octanol–water partition coefficient (Wildman–Crippen LogP) is 2.06. The van der Waals surface area contributed by atoms with E-state index in [-0.39, 0.29) is 23.4 Å². The topological polar surface area (TPSA) is 40.5 Å². The van der Waals surface area contributed by atoms with Crippen LogP contribution >= 0.6 is 0 Å². The van der Waals surface area contributed by atoms with Gasteiger partial charge in [-0.15, -0.1) is 0 Å². The van der Waals surface area contributed by atoms with Gasteiger partial charge in [0.2, 0.25) is 0 Å². The monoisotopic (exact) mass is 251 g/mol. The van der Waals surface area contributed by atoms with Crippen LogP contribution in [0.3, 0.4) is 0 Å². The van der Waals surface area contributed by atoms with Crippen molar-refractivity contribution in [1.29, 1.82) is 0 Å². The van der Waals surface area contributed by atoms with Crippen molar-refractivity contribution in [3.63, 3.8) is 0 Å². The zero-order valence-corrected chi connectivity index (χ0v) is 10.7. The van der Waals surface area contributed by atoms with E-state index >= 15 is 0 Å². The number of aliphatic hydroxyl groups is 1. The van der Waals surface area contributed by atoms with Gasteiger partial charge in [-0.05, 0) is 24.0 Å². The third-order valence-corrected chi connectivity index (χ3v) is 3.71. The Kier molecular flexibility index (Phi) is 3.39. The average molecular weight is 251 g/mol. The van der Waals surface area contributed by atoms with Gasteiger partial charge in [-0.2, -0.15) is 0 Å². The van der Waals surface area contributed by atoms with Crippen molar-refractivity contribution in [2.45, 2.75) is 26.4 Å². The first-order valence-electron chi connectivity index (χ1n) is 6.14. The molecule has 1 aliphatic rings. The van der Waals surface area contributed by atoms with E-state index in [9.17, 15) is 14.3 Å². The molecule has 0 spiro atoms. The van der Waals surface area contributed by atoms with Crippen molar-refractivity contribution in [1.82, 2.24) is 4.90 Å². The van der Waals surface area contributed by atoms with Crippen molar-refractivity contribution >= 4 is 5.91 Å². The molecule has 0 aliphatic carbocycles. The molecule has 1 fully saturated rings. The molecule has 18 heavy (non-hydrogen) atoms. The summed E-state index contributed by atoms with van der Waals surface area (Å²) < 4.78 is 13.5. The highest BCUT2D eigenvalue weighted by Gasteiger charge is 2.36. The predicted molar refractivity (Wildman–Crippen MR) is 66.7 cm³/mol. The molecule has 98 valence electrons. The number of likely N-dealkylation sites (tertiary alicyclic amines) is 1. The third-order valence-electron chi connectivity index (χ3n) is 3.71. The molecule has 1 unspecified atom stereocenters. The van der Waals surface area contributed by atoms with Crippen molar-refractivity contribution in [2.75, 3.05) is 13.1 Å². The second kappa shape index (κ2) is 4.69. The van der Waals surface area contributed by atoms with Crippen LogP contribution in [0.1, 0.15) is 30.6 Å². The van der Waals surface area contributed by atoms with Crippen molar-refractivity contribution in [2.24, 2.45) is 5.41 Å². The van der Waals surface area contributed by atoms with E-state index in [0.29, 0.717) is 13.0 Å². The van der Waals surface area contributed by atoms with Crippen LogP contribution in [-0.2, 0) is 0 Å². The molecule has 1 aromatic carbocycles. The highest BCUT2D eigenvalue weighted by atomic mass is 19.1. The van der Waals surface area contributed by atoms with Crippen LogP contribution in [0, 0.1) is 11.2 Å². The molecule has 1 N–H and O–H groups in total. The van der Waals surface area contributed by atoms with Gasteiger partial charge in [0.05, 0.1) is 11.7 Å². The zero-order valence-electron chi connectivity index (χ0n) is 10.7. The van der Waals surface area contributed by atoms with E-state index < -0.39 is 11.9 Å². The van der Waals surface area contributed by atoms with Gasteiger partial charge in [-0.3, -0.25) is 4.79 Å². The Morgan fingerprint density at radius 1 is 1.44 bits per heavy atom. The summed E-state index contributed by atoms with van der Waals surface area (Å²) in [6, 6.07) is 5.95. The van der Waals surface area contributed by atoms with Crippen LogP contribution in [0.4, 0.5) is 4.39 Å². The Hall–Kier alpha value is -1.42. The van der Waals surface area contributed by atoms with E-state index in [0.717, 1.165) is 0 Å². The third kappa shape index (κ3) is 2.38. The van der Waals surface area contributed by atoms with E-state index in [1.54, 1.807) is 12.1 Å². The highest BCUT2D eigenvalue weighted by Crippen LogP contribution is 2.31. The number of β-amino-alcohol motifs (C(OH)–C–C–N with tert-alkyl or cyclic N) is 1. The highest BCUT2D eigenvalue weighted by molar-refractivity contribution is 5.94. The SMILES string of the molecule is CC1(C)CCN(C(=O)c2ccccc2F)CC1O. The standard InChI is InChI=1S/C14H18FNO2/c1-14(2)7-8-16(9-12(14)17)13(18)10-5-3-4-6-11(10)15/h3-6,12,17H,7-9H2,1-2H3. The number of hydrogen-bond donors (Lipinski definition) is 1. The largest absolute Gasteiger partial charge is 0.391 e. The average Bonchev–Trinajstić information content (AvgIpc) is 2.32. The van der Waals surface area contributed by atoms with Crippen LogP contribution in [0.2, 0.25) is 0 Å². The molecule has 4 heteroatoms. The normalized spacial score (nSPS) is 22.9. The van der Waals surface area contributed by atoms with Gasteiger partial charge in [0, 0.05) is 13.1 Å². The van der Waals surface area contributed by atoms with Gasteiger partial charge in [-0.1, -0.05) is 26.0 Å². The van der Waals surface area contributed by atoms with E-state index in [2.05, 4.69) is 0 Å². The molecular weight excluding hydrogens is 233 g/mol. The minimum absolute atomic E-state index is 0.0735. The number of carbonyl (C=O) groups excluding carboxylic acids is 1. The summed E-state index contributed by atoms with van der Waals surface area (Å²) in [6.07, 6.45) is 0.149. The molecule has 1 atom stereocenters. The maximum absolute atomic E-state index is 13.5. The number of nitrogens with zero attached hydrogens (tertiary/aromatic N) is 1. The minimum atomic E-state index is -0.568. The van der Waals surface area contributed by atoms with Gasteiger partial charge < -0.3 is 10.0 Å². The molecule has 3 nitrogen and oxygen atoms in total. The number of amides is 1. The first-order valence-corrected chi connectivity index (χ1v) is 6.14. The maximum Gasteiger partial charge on any atom is 0.256 e. The van der Waals surface area contributed by atoms with Crippen molar-refractivity contribution in [3.8, 4) is 0 Å². The summed E-state index contributed by atoms with van der Waals surface area (Å²) in [5, 5.41) is 9.98. The zero-order chi connectivity index (χ0) is 13.3. The second-order valence-electron chi connectivity index (χ2n) is 5.49. The van der Waals surface area contributed by atoms with Crippen LogP contribution in [0.25, 0.3) is 0 Å². The van der Waals surface area contributed by atoms with E-state index in [1.807, 2.05) is 13.8 Å². The molecular formula is C14H18FNO2. The van der Waals surface area contributed by atoms with Gasteiger partial charge in [0.15, 0.2) is 0 Å². The van der Waals surface area contributed by atoms with Crippen LogP contribution in [0.5, 0.6) is 0 Å². The molecule has 1 heterocycles. The second-order valence-corrected chi connectivity index (χ2v) is 5.49. The Bertz CT molecular complexity index is 459. The van der Waals surface area contributed by atoms with Crippen LogP contribution in [-0.4, -0.2) is 35.1 Å². The smallest absolute Gasteiger partial charge is 0.256 e. The lowest BCUT2D eigenvalue weighted by Gasteiger charge is -2.41.